The molecule has 120 valence electrons. The molecule has 0 aliphatic rings. The van der Waals surface area contributed by atoms with Crippen molar-refractivity contribution in [2.75, 3.05) is 11.9 Å². The summed E-state index contributed by atoms with van der Waals surface area (Å²) in [5.41, 5.74) is -0.957. The van der Waals surface area contributed by atoms with E-state index >= 15 is 0 Å². The van der Waals surface area contributed by atoms with Gasteiger partial charge in [-0.3, -0.25) is 0 Å². The molecule has 2 nitrogen and oxygen atoms in total. The monoisotopic (exact) mass is 383 g/mol. The Morgan fingerprint density at radius 1 is 1.00 bits per heavy atom. The lowest BCUT2D eigenvalue weighted by molar-refractivity contribution is -0.137. The third kappa shape index (κ3) is 3.87. The zero-order valence-electron chi connectivity index (χ0n) is 11.9. The second-order valence-electron chi connectivity index (χ2n) is 4.91. The van der Waals surface area contributed by atoms with Crippen LogP contribution in [-0.2, 0) is 11.7 Å². The minimum absolute atomic E-state index is 0.382. The molecule has 0 bridgehead atoms. The van der Waals surface area contributed by atoms with Gasteiger partial charge in [0.05, 0.1) is 12.2 Å². The Labute approximate surface area is 140 Å². The van der Waals surface area contributed by atoms with Gasteiger partial charge in [0.15, 0.2) is 0 Å². The normalized spacial score (nSPS) is 13.9. The van der Waals surface area contributed by atoms with E-state index in [1.807, 2.05) is 0 Å². The van der Waals surface area contributed by atoms with E-state index in [0.29, 0.717) is 11.3 Å². The van der Waals surface area contributed by atoms with Gasteiger partial charge in [-0.05, 0) is 42.0 Å². The highest BCUT2D eigenvalue weighted by Crippen LogP contribution is 2.32. The molecule has 0 aliphatic heterocycles. The summed E-state index contributed by atoms with van der Waals surface area (Å²) in [6, 6.07) is 11.5. The van der Waals surface area contributed by atoms with Gasteiger partial charge in [0, 0.05) is 10.2 Å². The summed E-state index contributed by atoms with van der Waals surface area (Å²) in [6.07, 6.45) is 1.17. The van der Waals surface area contributed by atoms with Gasteiger partial charge in [0.1, 0.15) is 5.54 Å². The molecule has 2 aromatic rings. The Balaban J connectivity index is 2.33. The maximum atomic E-state index is 12.6. The second kappa shape index (κ2) is 6.65. The number of alkyl halides is 3. The van der Waals surface area contributed by atoms with Crippen molar-refractivity contribution in [2.45, 2.75) is 11.7 Å². The van der Waals surface area contributed by atoms with E-state index in [0.717, 1.165) is 16.6 Å². The molecule has 0 aromatic heterocycles. The molecule has 0 fully saturated rings. The highest BCUT2D eigenvalue weighted by Gasteiger charge is 2.32. The molecule has 23 heavy (non-hydrogen) atoms. The molecule has 2 aromatic carbocycles. The number of halogens is 4. The Hall–Kier alpha value is -1.97. The van der Waals surface area contributed by atoms with E-state index in [1.54, 1.807) is 24.3 Å². The van der Waals surface area contributed by atoms with E-state index in [1.165, 1.54) is 12.1 Å². The molecule has 2 N–H and O–H groups in total. The number of aliphatic hydroxyl groups is 1. The fourth-order valence-electron chi connectivity index (χ4n) is 2.09. The van der Waals surface area contributed by atoms with Crippen LogP contribution in [0.1, 0.15) is 11.1 Å². The van der Waals surface area contributed by atoms with Crippen molar-refractivity contribution >= 4 is 21.6 Å². The molecule has 0 unspecified atom stereocenters. The molecule has 0 amide bonds. The van der Waals surface area contributed by atoms with Crippen LogP contribution in [0.5, 0.6) is 0 Å². The van der Waals surface area contributed by atoms with Gasteiger partial charge in [-0.25, -0.2) is 0 Å². The summed E-state index contributed by atoms with van der Waals surface area (Å²) in [7, 11) is 0. The van der Waals surface area contributed by atoms with Gasteiger partial charge in [-0.15, -0.1) is 6.42 Å². The fourth-order valence-corrected chi connectivity index (χ4v) is 2.36. The van der Waals surface area contributed by atoms with Crippen LogP contribution in [-0.4, -0.2) is 11.7 Å². The largest absolute Gasteiger partial charge is 0.416 e. The quantitative estimate of drug-likeness (QED) is 0.766. The standard InChI is InChI=1S/C17H13BrF3NO/c1-2-16(11-23,12-3-7-14(18)8-4-12)22-15-9-5-13(6-10-15)17(19,20)21/h1,3-10,22-23H,11H2/t16-/m1/s1. The van der Waals surface area contributed by atoms with E-state index < -0.39 is 23.9 Å². The Bertz CT molecular complexity index is 705. The first kappa shape index (κ1) is 17.4. The number of hydrogen-bond acceptors (Lipinski definition) is 2. The van der Waals surface area contributed by atoms with Crippen molar-refractivity contribution in [3.8, 4) is 12.3 Å². The minimum Gasteiger partial charge on any atom is -0.393 e. The summed E-state index contributed by atoms with van der Waals surface area (Å²) < 4.78 is 38.6. The number of anilines is 1. The third-order valence-corrected chi connectivity index (χ3v) is 3.92. The number of terminal acetylenes is 1. The Kier molecular flexibility index (Phi) is 5.03. The topological polar surface area (TPSA) is 32.3 Å². The average molecular weight is 384 g/mol. The maximum absolute atomic E-state index is 12.6. The van der Waals surface area contributed by atoms with Crippen LogP contribution < -0.4 is 5.32 Å². The van der Waals surface area contributed by atoms with Gasteiger partial charge >= 0.3 is 6.18 Å². The first-order valence-corrected chi connectivity index (χ1v) is 7.40. The third-order valence-electron chi connectivity index (χ3n) is 3.39. The van der Waals surface area contributed by atoms with Crippen LogP contribution in [0.3, 0.4) is 0 Å². The van der Waals surface area contributed by atoms with Crippen molar-refractivity contribution in [2.24, 2.45) is 0 Å². The maximum Gasteiger partial charge on any atom is 0.416 e. The van der Waals surface area contributed by atoms with Crippen LogP contribution in [0, 0.1) is 12.3 Å². The number of nitrogens with one attached hydrogen (secondary N) is 1. The van der Waals surface area contributed by atoms with Crippen LogP contribution in [0.2, 0.25) is 0 Å². The number of rotatable bonds is 4. The molecular weight excluding hydrogens is 371 g/mol. The molecule has 0 radical (unpaired) electrons. The molecule has 0 saturated heterocycles. The summed E-state index contributed by atoms with van der Waals surface area (Å²) in [6.45, 7) is -0.411. The summed E-state index contributed by atoms with van der Waals surface area (Å²) in [4.78, 5) is 0. The highest BCUT2D eigenvalue weighted by molar-refractivity contribution is 9.10. The zero-order chi connectivity index (χ0) is 17.1. The highest BCUT2D eigenvalue weighted by atomic mass is 79.9. The fraction of sp³-hybridized carbons (Fsp3) is 0.176. The van der Waals surface area contributed by atoms with Gasteiger partial charge in [-0.1, -0.05) is 34.0 Å². The van der Waals surface area contributed by atoms with Crippen molar-refractivity contribution in [3.63, 3.8) is 0 Å². The molecule has 0 heterocycles. The summed E-state index contributed by atoms with van der Waals surface area (Å²) in [5, 5.41) is 12.7. The molecule has 0 aliphatic carbocycles. The average Bonchev–Trinajstić information content (AvgIpc) is 2.53. The lowest BCUT2D eigenvalue weighted by Gasteiger charge is -2.29. The van der Waals surface area contributed by atoms with Crippen molar-refractivity contribution in [1.82, 2.24) is 0 Å². The molecule has 6 heteroatoms. The predicted octanol–water partition coefficient (Wildman–Crippen LogP) is 4.40. The number of hydrogen-bond donors (Lipinski definition) is 2. The first-order valence-electron chi connectivity index (χ1n) is 6.61. The van der Waals surface area contributed by atoms with Crippen molar-refractivity contribution in [3.05, 3.63) is 64.1 Å². The van der Waals surface area contributed by atoms with Crippen LogP contribution in [0.25, 0.3) is 0 Å². The predicted molar refractivity (Wildman–Crippen MR) is 86.8 cm³/mol. The van der Waals surface area contributed by atoms with E-state index in [4.69, 9.17) is 6.42 Å². The Morgan fingerprint density at radius 2 is 1.52 bits per heavy atom. The second-order valence-corrected chi connectivity index (χ2v) is 5.83. The van der Waals surface area contributed by atoms with Gasteiger partial charge in [-0.2, -0.15) is 13.2 Å². The van der Waals surface area contributed by atoms with Crippen LogP contribution in [0.15, 0.2) is 53.0 Å². The van der Waals surface area contributed by atoms with E-state index in [2.05, 4.69) is 27.2 Å². The SMILES string of the molecule is C#C[C@](CO)(Nc1ccc(C(F)(F)F)cc1)c1ccc(Br)cc1. The summed E-state index contributed by atoms with van der Waals surface area (Å²) >= 11 is 3.31. The lowest BCUT2D eigenvalue weighted by atomic mass is 9.91. The first-order chi connectivity index (χ1) is 10.8. The molecule has 1 atom stereocenters. The van der Waals surface area contributed by atoms with E-state index in [9.17, 15) is 18.3 Å². The molecular formula is C17H13BrF3NO. The van der Waals surface area contributed by atoms with Crippen molar-refractivity contribution in [1.29, 1.82) is 0 Å². The van der Waals surface area contributed by atoms with Crippen LogP contribution >= 0.6 is 15.9 Å². The number of benzene rings is 2. The number of aliphatic hydroxyl groups excluding tert-OH is 1. The zero-order valence-corrected chi connectivity index (χ0v) is 13.4. The van der Waals surface area contributed by atoms with Gasteiger partial charge < -0.3 is 10.4 Å². The van der Waals surface area contributed by atoms with Gasteiger partial charge in [0.25, 0.3) is 0 Å². The Morgan fingerprint density at radius 3 is 1.96 bits per heavy atom. The van der Waals surface area contributed by atoms with Crippen molar-refractivity contribution < 1.29 is 18.3 Å². The summed E-state index contributed by atoms with van der Waals surface area (Å²) in [5.74, 6) is 2.50. The van der Waals surface area contributed by atoms with Crippen LogP contribution in [0.4, 0.5) is 18.9 Å². The lowest BCUT2D eigenvalue weighted by Crippen LogP contribution is -2.37. The minimum atomic E-state index is -4.40. The van der Waals surface area contributed by atoms with Gasteiger partial charge in [0.2, 0.25) is 0 Å². The smallest absolute Gasteiger partial charge is 0.393 e. The molecule has 0 spiro atoms. The van der Waals surface area contributed by atoms with E-state index in [-0.39, 0.29) is 0 Å². The molecule has 0 saturated carbocycles. The molecule has 2 rings (SSSR count).